The maximum atomic E-state index is 11.7. The minimum atomic E-state index is -0.906. The van der Waals surface area contributed by atoms with E-state index in [1.165, 1.54) is 4.90 Å². The van der Waals surface area contributed by atoms with Gasteiger partial charge in [-0.3, -0.25) is 4.79 Å². The number of nitrogens with zero attached hydrogens (tertiary/aromatic N) is 1. The molecule has 0 saturated carbocycles. The Bertz CT molecular complexity index is 240. The summed E-state index contributed by atoms with van der Waals surface area (Å²) < 4.78 is 0. The van der Waals surface area contributed by atoms with E-state index in [-0.39, 0.29) is 25.7 Å². The van der Waals surface area contributed by atoms with Gasteiger partial charge in [-0.1, -0.05) is 13.8 Å². The van der Waals surface area contributed by atoms with E-state index in [1.807, 2.05) is 6.92 Å². The van der Waals surface area contributed by atoms with E-state index in [2.05, 4.69) is 5.32 Å². The van der Waals surface area contributed by atoms with E-state index < -0.39 is 11.9 Å². The van der Waals surface area contributed by atoms with E-state index in [0.717, 1.165) is 6.42 Å². The fraction of sp³-hybridized carbons (Fsp3) is 0.818. The van der Waals surface area contributed by atoms with Crippen molar-refractivity contribution in [3.63, 3.8) is 0 Å². The normalized spacial score (nSPS) is 11.9. The lowest BCUT2D eigenvalue weighted by Gasteiger charge is -2.22. The van der Waals surface area contributed by atoms with E-state index in [0.29, 0.717) is 13.0 Å². The third-order valence-electron chi connectivity index (χ3n) is 2.49. The van der Waals surface area contributed by atoms with Crippen molar-refractivity contribution in [1.82, 2.24) is 10.2 Å². The maximum Gasteiger partial charge on any atom is 0.317 e. The molecule has 0 bridgehead atoms. The number of carboxylic acid groups (broad SMARTS) is 1. The summed E-state index contributed by atoms with van der Waals surface area (Å²) in [4.78, 5) is 23.9. The van der Waals surface area contributed by atoms with Crippen LogP contribution in [0.15, 0.2) is 0 Å². The number of aliphatic hydroxyl groups is 1. The lowest BCUT2D eigenvalue weighted by Crippen LogP contribution is -2.44. The molecular formula is C11H22N2O4. The fourth-order valence-corrected chi connectivity index (χ4v) is 1.43. The Labute approximate surface area is 102 Å². The highest BCUT2D eigenvalue weighted by molar-refractivity contribution is 5.76. The molecule has 0 heterocycles. The molecule has 0 saturated heterocycles. The molecule has 3 N–H and O–H groups in total. The molecule has 0 aromatic heterocycles. The van der Waals surface area contributed by atoms with Crippen molar-refractivity contribution in [3.8, 4) is 0 Å². The SMILES string of the molecule is CCCN(CCO)C(=O)NCC(CC)C(=O)O. The Hall–Kier alpha value is -1.30. The second-order valence-corrected chi connectivity index (χ2v) is 3.84. The molecule has 100 valence electrons. The molecule has 1 unspecified atom stereocenters. The van der Waals surface area contributed by atoms with Crippen LogP contribution in [0.5, 0.6) is 0 Å². The van der Waals surface area contributed by atoms with E-state index in [4.69, 9.17) is 10.2 Å². The number of hydrogen-bond acceptors (Lipinski definition) is 3. The van der Waals surface area contributed by atoms with Gasteiger partial charge in [0.1, 0.15) is 0 Å². The van der Waals surface area contributed by atoms with Crippen molar-refractivity contribution in [2.24, 2.45) is 5.92 Å². The highest BCUT2D eigenvalue weighted by atomic mass is 16.4. The first-order chi connectivity index (χ1) is 8.06. The lowest BCUT2D eigenvalue weighted by atomic mass is 10.1. The van der Waals surface area contributed by atoms with Gasteiger partial charge in [-0.05, 0) is 12.8 Å². The molecule has 2 amide bonds. The van der Waals surface area contributed by atoms with Gasteiger partial charge in [0.15, 0.2) is 0 Å². The van der Waals surface area contributed by atoms with Gasteiger partial charge in [0.05, 0.1) is 12.5 Å². The molecule has 6 nitrogen and oxygen atoms in total. The molecule has 6 heteroatoms. The minimum Gasteiger partial charge on any atom is -0.481 e. The van der Waals surface area contributed by atoms with Crippen LogP contribution < -0.4 is 5.32 Å². The molecule has 0 aliphatic carbocycles. The number of urea groups is 1. The standard InChI is InChI=1S/C11H22N2O4/c1-3-5-13(6-7-14)11(17)12-8-9(4-2)10(15)16/h9,14H,3-8H2,1-2H3,(H,12,17)(H,15,16). The smallest absolute Gasteiger partial charge is 0.317 e. The molecule has 17 heavy (non-hydrogen) atoms. The van der Waals surface area contributed by atoms with Crippen LogP contribution in [0.1, 0.15) is 26.7 Å². The molecule has 0 aromatic rings. The summed E-state index contributed by atoms with van der Waals surface area (Å²) >= 11 is 0. The summed E-state index contributed by atoms with van der Waals surface area (Å²) in [6.45, 7) is 4.55. The summed E-state index contributed by atoms with van der Waals surface area (Å²) in [5, 5.41) is 20.2. The Morgan fingerprint density at radius 1 is 1.29 bits per heavy atom. The molecule has 0 radical (unpaired) electrons. The zero-order valence-electron chi connectivity index (χ0n) is 10.5. The predicted octanol–water partition coefficient (Wildman–Crippen LogP) is 0.511. The van der Waals surface area contributed by atoms with Crippen LogP contribution in [-0.4, -0.2) is 53.4 Å². The monoisotopic (exact) mass is 246 g/mol. The molecule has 0 aromatic carbocycles. The molecule has 0 spiro atoms. The van der Waals surface area contributed by atoms with Crippen LogP contribution >= 0.6 is 0 Å². The van der Waals surface area contributed by atoms with E-state index >= 15 is 0 Å². The van der Waals surface area contributed by atoms with Crippen molar-refractivity contribution in [2.45, 2.75) is 26.7 Å². The second-order valence-electron chi connectivity index (χ2n) is 3.84. The zero-order chi connectivity index (χ0) is 13.3. The molecule has 0 fully saturated rings. The predicted molar refractivity (Wildman–Crippen MR) is 63.8 cm³/mol. The number of aliphatic carboxylic acids is 1. The topological polar surface area (TPSA) is 89.9 Å². The number of aliphatic hydroxyl groups excluding tert-OH is 1. The third kappa shape index (κ3) is 6.11. The number of nitrogens with one attached hydrogen (secondary N) is 1. The summed E-state index contributed by atoms with van der Waals surface area (Å²) in [6, 6.07) is -0.319. The van der Waals surface area contributed by atoms with Gasteiger partial charge in [0.25, 0.3) is 0 Å². The molecule has 0 aliphatic heterocycles. The van der Waals surface area contributed by atoms with Crippen LogP contribution in [0.4, 0.5) is 4.79 Å². The van der Waals surface area contributed by atoms with Crippen molar-refractivity contribution in [3.05, 3.63) is 0 Å². The van der Waals surface area contributed by atoms with Crippen molar-refractivity contribution < 1.29 is 19.8 Å². The first-order valence-electron chi connectivity index (χ1n) is 5.93. The molecule has 0 aliphatic rings. The lowest BCUT2D eigenvalue weighted by molar-refractivity contribution is -0.141. The minimum absolute atomic E-state index is 0.0937. The fourth-order valence-electron chi connectivity index (χ4n) is 1.43. The number of hydrogen-bond donors (Lipinski definition) is 3. The Kier molecular flexibility index (Phi) is 8.13. The van der Waals surface area contributed by atoms with E-state index in [9.17, 15) is 9.59 Å². The average Bonchev–Trinajstić information content (AvgIpc) is 2.28. The Morgan fingerprint density at radius 2 is 1.94 bits per heavy atom. The van der Waals surface area contributed by atoms with Gasteiger partial charge in [-0.25, -0.2) is 4.79 Å². The number of amides is 2. The largest absolute Gasteiger partial charge is 0.481 e. The summed E-state index contributed by atoms with van der Waals surface area (Å²) in [7, 11) is 0. The maximum absolute atomic E-state index is 11.7. The number of carbonyl (C=O) groups is 2. The molecule has 1 atom stereocenters. The highest BCUT2D eigenvalue weighted by Gasteiger charge is 2.18. The average molecular weight is 246 g/mol. The Balaban J connectivity index is 4.16. The third-order valence-corrected chi connectivity index (χ3v) is 2.49. The first-order valence-corrected chi connectivity index (χ1v) is 5.93. The van der Waals surface area contributed by atoms with Gasteiger partial charge in [0.2, 0.25) is 0 Å². The van der Waals surface area contributed by atoms with Crippen LogP contribution in [0.2, 0.25) is 0 Å². The summed E-state index contributed by atoms with van der Waals surface area (Å²) in [6.07, 6.45) is 1.27. The van der Waals surface area contributed by atoms with Gasteiger partial charge in [0, 0.05) is 19.6 Å². The highest BCUT2D eigenvalue weighted by Crippen LogP contribution is 2.01. The van der Waals surface area contributed by atoms with Gasteiger partial charge >= 0.3 is 12.0 Å². The van der Waals surface area contributed by atoms with Gasteiger partial charge < -0.3 is 20.4 Å². The molecular weight excluding hydrogens is 224 g/mol. The van der Waals surface area contributed by atoms with Crippen LogP contribution in [0, 0.1) is 5.92 Å². The van der Waals surface area contributed by atoms with Crippen molar-refractivity contribution in [1.29, 1.82) is 0 Å². The summed E-state index contributed by atoms with van der Waals surface area (Å²) in [5.41, 5.74) is 0. The van der Waals surface area contributed by atoms with Gasteiger partial charge in [-0.2, -0.15) is 0 Å². The Morgan fingerprint density at radius 3 is 2.35 bits per heavy atom. The number of carbonyl (C=O) groups excluding carboxylic acids is 1. The van der Waals surface area contributed by atoms with Crippen molar-refractivity contribution >= 4 is 12.0 Å². The molecule has 0 rings (SSSR count). The number of carboxylic acids is 1. The first kappa shape index (κ1) is 15.7. The van der Waals surface area contributed by atoms with E-state index in [1.54, 1.807) is 6.92 Å². The van der Waals surface area contributed by atoms with Gasteiger partial charge in [-0.15, -0.1) is 0 Å². The number of rotatable bonds is 8. The van der Waals surface area contributed by atoms with Crippen LogP contribution in [0.3, 0.4) is 0 Å². The summed E-state index contributed by atoms with van der Waals surface area (Å²) in [5.74, 6) is -1.46. The zero-order valence-corrected chi connectivity index (χ0v) is 10.5. The quantitative estimate of drug-likeness (QED) is 0.582. The van der Waals surface area contributed by atoms with Crippen LogP contribution in [0.25, 0.3) is 0 Å². The van der Waals surface area contributed by atoms with Crippen LogP contribution in [-0.2, 0) is 4.79 Å². The second kappa shape index (κ2) is 8.81. The van der Waals surface area contributed by atoms with Crippen molar-refractivity contribution in [2.75, 3.05) is 26.2 Å².